The summed E-state index contributed by atoms with van der Waals surface area (Å²) in [5.41, 5.74) is 6.55. The van der Waals surface area contributed by atoms with E-state index in [1.54, 1.807) is 12.1 Å². The van der Waals surface area contributed by atoms with Crippen LogP contribution in [0.4, 0.5) is 4.79 Å². The highest BCUT2D eigenvalue weighted by Crippen LogP contribution is 2.13. The van der Waals surface area contributed by atoms with E-state index in [0.29, 0.717) is 24.6 Å². The molecule has 1 heterocycles. The predicted molar refractivity (Wildman–Crippen MR) is 92.7 cm³/mol. The minimum absolute atomic E-state index is 0. The number of nitrogens with one attached hydrogen (secondary N) is 3. The lowest BCUT2D eigenvalue weighted by Gasteiger charge is -2.22. The van der Waals surface area contributed by atoms with E-state index in [1.165, 1.54) is 12.8 Å². The molecule has 7 heteroatoms. The summed E-state index contributed by atoms with van der Waals surface area (Å²) in [4.78, 5) is 22.7. The minimum atomic E-state index is -0.556. The Bertz CT molecular complexity index is 501. The van der Waals surface area contributed by atoms with Gasteiger partial charge >= 0.3 is 6.03 Å². The zero-order valence-corrected chi connectivity index (χ0v) is 14.0. The number of urea groups is 1. The van der Waals surface area contributed by atoms with E-state index in [-0.39, 0.29) is 18.3 Å². The first kappa shape index (κ1) is 19.3. The molecule has 0 bridgehead atoms. The fourth-order valence-electron chi connectivity index (χ4n) is 2.63. The molecule has 1 aromatic carbocycles. The highest BCUT2D eigenvalue weighted by molar-refractivity contribution is 5.94. The van der Waals surface area contributed by atoms with Crippen molar-refractivity contribution in [3.05, 3.63) is 35.4 Å². The van der Waals surface area contributed by atoms with Crippen LogP contribution in [0.3, 0.4) is 0 Å². The fourth-order valence-corrected chi connectivity index (χ4v) is 2.63. The molecular weight excluding hydrogens is 316 g/mol. The van der Waals surface area contributed by atoms with Gasteiger partial charge in [0.15, 0.2) is 0 Å². The van der Waals surface area contributed by atoms with E-state index < -0.39 is 6.03 Å². The van der Waals surface area contributed by atoms with Crippen molar-refractivity contribution >= 4 is 24.3 Å². The summed E-state index contributed by atoms with van der Waals surface area (Å²) in [7, 11) is 0. The van der Waals surface area contributed by atoms with Crippen LogP contribution in [0.25, 0.3) is 0 Å². The molecule has 1 aromatic rings. The Morgan fingerprint density at radius 1 is 1.22 bits per heavy atom. The van der Waals surface area contributed by atoms with Gasteiger partial charge in [0, 0.05) is 18.7 Å². The second-order valence-electron chi connectivity index (χ2n) is 5.67. The molecule has 2 rings (SSSR count). The number of benzene rings is 1. The Balaban J connectivity index is 0.00000264. The molecule has 0 radical (unpaired) electrons. The largest absolute Gasteiger partial charge is 0.352 e. The van der Waals surface area contributed by atoms with Gasteiger partial charge in [-0.15, -0.1) is 12.4 Å². The summed E-state index contributed by atoms with van der Waals surface area (Å²) < 4.78 is 0. The van der Waals surface area contributed by atoms with Crippen LogP contribution in [0, 0.1) is 5.92 Å². The number of rotatable bonds is 6. The van der Waals surface area contributed by atoms with Crippen molar-refractivity contribution in [3.8, 4) is 0 Å². The molecule has 0 aromatic heterocycles. The van der Waals surface area contributed by atoms with Crippen LogP contribution in [0.1, 0.15) is 35.2 Å². The Morgan fingerprint density at radius 3 is 2.57 bits per heavy atom. The maximum absolute atomic E-state index is 12.0. The number of halogens is 1. The highest BCUT2D eigenvalue weighted by Gasteiger charge is 2.13. The normalized spacial score (nSPS) is 17.0. The average Bonchev–Trinajstić information content (AvgIpc) is 2.54. The van der Waals surface area contributed by atoms with E-state index in [4.69, 9.17) is 5.73 Å². The number of hydrogen-bond acceptors (Lipinski definition) is 3. The van der Waals surface area contributed by atoms with Crippen LogP contribution in [-0.4, -0.2) is 31.6 Å². The van der Waals surface area contributed by atoms with Gasteiger partial charge in [0.1, 0.15) is 0 Å². The zero-order chi connectivity index (χ0) is 15.8. The number of carbonyl (C=O) groups excluding carboxylic acids is 2. The molecule has 1 aliphatic heterocycles. The smallest absolute Gasteiger partial charge is 0.312 e. The van der Waals surface area contributed by atoms with Gasteiger partial charge in [-0.3, -0.25) is 4.79 Å². The van der Waals surface area contributed by atoms with Gasteiger partial charge in [0.05, 0.1) is 0 Å². The molecule has 128 valence electrons. The molecule has 1 saturated heterocycles. The summed E-state index contributed by atoms with van der Waals surface area (Å²) >= 11 is 0. The number of primary amides is 1. The van der Waals surface area contributed by atoms with Gasteiger partial charge in [-0.05, 0) is 56.0 Å². The first-order valence-electron chi connectivity index (χ1n) is 7.76. The second kappa shape index (κ2) is 10.1. The Labute approximate surface area is 143 Å². The van der Waals surface area contributed by atoms with Crippen molar-refractivity contribution in [2.75, 3.05) is 19.6 Å². The van der Waals surface area contributed by atoms with Crippen LogP contribution in [0.5, 0.6) is 0 Å². The fraction of sp³-hybridized carbons (Fsp3) is 0.500. The van der Waals surface area contributed by atoms with Gasteiger partial charge in [-0.1, -0.05) is 12.1 Å². The molecule has 6 nitrogen and oxygen atoms in total. The molecule has 5 N–H and O–H groups in total. The van der Waals surface area contributed by atoms with Crippen molar-refractivity contribution in [2.45, 2.75) is 25.8 Å². The van der Waals surface area contributed by atoms with Crippen LogP contribution < -0.4 is 21.7 Å². The van der Waals surface area contributed by atoms with Crippen LogP contribution in [-0.2, 0) is 6.54 Å². The lowest BCUT2D eigenvalue weighted by atomic mass is 9.96. The summed E-state index contributed by atoms with van der Waals surface area (Å²) in [6.07, 6.45) is 3.48. The van der Waals surface area contributed by atoms with Gasteiger partial charge in [-0.25, -0.2) is 4.79 Å². The molecule has 1 unspecified atom stereocenters. The average molecular weight is 341 g/mol. The molecule has 1 fully saturated rings. The molecular formula is C16H25ClN4O2. The molecule has 0 aliphatic carbocycles. The van der Waals surface area contributed by atoms with Crippen molar-refractivity contribution in [2.24, 2.45) is 11.7 Å². The van der Waals surface area contributed by atoms with E-state index in [0.717, 1.165) is 25.1 Å². The summed E-state index contributed by atoms with van der Waals surface area (Å²) in [6, 6.07) is 6.59. The number of carbonyl (C=O) groups is 2. The molecule has 0 saturated carbocycles. The van der Waals surface area contributed by atoms with E-state index in [9.17, 15) is 9.59 Å². The number of nitrogens with two attached hydrogens (primary N) is 1. The maximum Gasteiger partial charge on any atom is 0.312 e. The summed E-state index contributed by atoms with van der Waals surface area (Å²) in [5, 5.41) is 8.85. The standard InChI is InChI=1S/C16H24N4O2.ClH/c17-16(22)20-11-13-3-5-14(6-4-13)15(21)19-9-7-12-2-1-8-18-10-12;/h3-6,12,18H,1-2,7-11H2,(H,19,21)(H3,17,20,22);1H. The van der Waals surface area contributed by atoms with Gasteiger partial charge in [-0.2, -0.15) is 0 Å². The molecule has 1 atom stereocenters. The van der Waals surface area contributed by atoms with Crippen molar-refractivity contribution < 1.29 is 9.59 Å². The summed E-state index contributed by atoms with van der Waals surface area (Å²) in [6.45, 7) is 3.24. The van der Waals surface area contributed by atoms with E-state index in [1.807, 2.05) is 12.1 Å². The molecule has 1 aliphatic rings. The number of amides is 3. The number of piperidine rings is 1. The first-order chi connectivity index (χ1) is 10.6. The van der Waals surface area contributed by atoms with Gasteiger partial charge in [0.25, 0.3) is 5.91 Å². The predicted octanol–water partition coefficient (Wildman–Crippen LogP) is 1.40. The molecule has 23 heavy (non-hydrogen) atoms. The van der Waals surface area contributed by atoms with Crippen LogP contribution in [0.2, 0.25) is 0 Å². The lowest BCUT2D eigenvalue weighted by molar-refractivity contribution is 0.0950. The topological polar surface area (TPSA) is 96.2 Å². The first-order valence-corrected chi connectivity index (χ1v) is 7.76. The SMILES string of the molecule is Cl.NC(=O)NCc1ccc(C(=O)NCCC2CCCNC2)cc1. The maximum atomic E-state index is 12.0. The highest BCUT2D eigenvalue weighted by atomic mass is 35.5. The van der Waals surface area contributed by atoms with Gasteiger partial charge in [0.2, 0.25) is 0 Å². The Morgan fingerprint density at radius 2 is 1.96 bits per heavy atom. The Hall–Kier alpha value is -1.79. The third-order valence-corrected chi connectivity index (χ3v) is 3.92. The zero-order valence-electron chi connectivity index (χ0n) is 13.1. The van der Waals surface area contributed by atoms with Crippen LogP contribution in [0.15, 0.2) is 24.3 Å². The quantitative estimate of drug-likeness (QED) is 0.630. The second-order valence-corrected chi connectivity index (χ2v) is 5.67. The number of hydrogen-bond donors (Lipinski definition) is 4. The third kappa shape index (κ3) is 6.88. The van der Waals surface area contributed by atoms with Crippen molar-refractivity contribution in [1.82, 2.24) is 16.0 Å². The lowest BCUT2D eigenvalue weighted by Crippen LogP contribution is -2.33. The monoisotopic (exact) mass is 340 g/mol. The Kier molecular flexibility index (Phi) is 8.43. The third-order valence-electron chi connectivity index (χ3n) is 3.92. The van der Waals surface area contributed by atoms with Crippen molar-refractivity contribution in [1.29, 1.82) is 0 Å². The van der Waals surface area contributed by atoms with Gasteiger partial charge < -0.3 is 21.7 Å². The summed E-state index contributed by atoms with van der Waals surface area (Å²) in [5.74, 6) is 0.606. The van der Waals surface area contributed by atoms with E-state index >= 15 is 0 Å². The van der Waals surface area contributed by atoms with Crippen LogP contribution >= 0.6 is 12.4 Å². The molecule has 0 spiro atoms. The van der Waals surface area contributed by atoms with Crippen molar-refractivity contribution in [3.63, 3.8) is 0 Å². The molecule has 3 amide bonds. The minimum Gasteiger partial charge on any atom is -0.352 e. The van der Waals surface area contributed by atoms with E-state index in [2.05, 4.69) is 16.0 Å².